The van der Waals surface area contributed by atoms with Gasteiger partial charge >= 0.3 is 5.97 Å². The third kappa shape index (κ3) is 5.70. The number of methoxy groups -OCH3 is 2. The number of imide groups is 1. The molecule has 0 fully saturated rings. The van der Waals surface area contributed by atoms with Crippen molar-refractivity contribution in [3.8, 4) is 11.5 Å². The minimum atomic E-state index is -0.741. The van der Waals surface area contributed by atoms with Crippen molar-refractivity contribution >= 4 is 52.4 Å². The minimum absolute atomic E-state index is 0.136. The molecule has 0 radical (unpaired) electrons. The Morgan fingerprint density at radius 3 is 2.31 bits per heavy atom. The van der Waals surface area contributed by atoms with Crippen LogP contribution in [0, 0.1) is 0 Å². The minimum Gasteiger partial charge on any atom is -0.497 e. The maximum Gasteiger partial charge on any atom is 0.338 e. The second-order valence-corrected chi connectivity index (χ2v) is 8.51. The number of nitrogens with zero attached hydrogens (tertiary/aromatic N) is 1. The lowest BCUT2D eigenvalue weighted by Gasteiger charge is -2.16. The molecule has 10 nitrogen and oxygen atoms in total. The first-order valence-electron chi connectivity index (χ1n) is 11.7. The lowest BCUT2D eigenvalue weighted by Crippen LogP contribution is -2.32. The predicted molar refractivity (Wildman–Crippen MR) is 145 cm³/mol. The van der Waals surface area contributed by atoms with Gasteiger partial charge in [0.2, 0.25) is 0 Å². The van der Waals surface area contributed by atoms with Crippen LogP contribution >= 0.6 is 11.6 Å². The normalized spacial score (nSPS) is 12.9. The van der Waals surface area contributed by atoms with Gasteiger partial charge in [0, 0.05) is 17.3 Å². The van der Waals surface area contributed by atoms with Crippen LogP contribution in [0.25, 0.3) is 0 Å². The molecule has 39 heavy (non-hydrogen) atoms. The third-order valence-electron chi connectivity index (χ3n) is 5.72. The van der Waals surface area contributed by atoms with E-state index in [1.807, 2.05) is 0 Å². The van der Waals surface area contributed by atoms with Crippen LogP contribution in [0.3, 0.4) is 0 Å². The Kier molecular flexibility index (Phi) is 8.16. The Morgan fingerprint density at radius 1 is 0.897 bits per heavy atom. The van der Waals surface area contributed by atoms with E-state index in [1.165, 1.54) is 38.5 Å². The fraction of sp³-hybridized carbons (Fsp3) is 0.143. The number of halogens is 1. The molecule has 4 rings (SSSR count). The van der Waals surface area contributed by atoms with E-state index in [0.717, 1.165) is 4.90 Å². The topological polar surface area (TPSA) is 123 Å². The van der Waals surface area contributed by atoms with E-state index in [9.17, 15) is 19.2 Å². The second kappa shape index (κ2) is 11.7. The molecule has 1 aliphatic rings. The number of ether oxygens (including phenoxy) is 3. The van der Waals surface area contributed by atoms with Gasteiger partial charge in [0.05, 0.1) is 37.8 Å². The molecule has 0 atom stereocenters. The highest BCUT2D eigenvalue weighted by Gasteiger charge is 2.39. The van der Waals surface area contributed by atoms with Crippen LogP contribution in [0.5, 0.6) is 11.5 Å². The maximum absolute atomic E-state index is 13.1. The average molecular weight is 550 g/mol. The van der Waals surface area contributed by atoms with Crippen LogP contribution in [-0.4, -0.2) is 44.5 Å². The number of anilines is 3. The molecule has 0 spiro atoms. The summed E-state index contributed by atoms with van der Waals surface area (Å²) in [4.78, 5) is 51.7. The van der Waals surface area contributed by atoms with Crippen molar-refractivity contribution in [2.75, 3.05) is 36.4 Å². The van der Waals surface area contributed by atoms with Crippen LogP contribution < -0.4 is 25.0 Å². The fourth-order valence-electron chi connectivity index (χ4n) is 3.78. The van der Waals surface area contributed by atoms with Crippen molar-refractivity contribution in [3.05, 3.63) is 88.6 Å². The predicted octanol–water partition coefficient (Wildman–Crippen LogP) is 4.57. The Balaban J connectivity index is 1.48. The van der Waals surface area contributed by atoms with Gasteiger partial charge in [0.25, 0.3) is 17.7 Å². The van der Waals surface area contributed by atoms with Gasteiger partial charge in [-0.1, -0.05) is 17.7 Å². The van der Waals surface area contributed by atoms with Crippen LogP contribution in [0.15, 0.2) is 77.5 Å². The number of benzene rings is 3. The molecule has 3 aromatic rings. The van der Waals surface area contributed by atoms with Gasteiger partial charge in [0.15, 0.2) is 0 Å². The van der Waals surface area contributed by atoms with Crippen molar-refractivity contribution in [1.82, 2.24) is 0 Å². The van der Waals surface area contributed by atoms with Crippen LogP contribution in [0.2, 0.25) is 0 Å². The molecule has 1 aliphatic heterocycles. The van der Waals surface area contributed by atoms with Gasteiger partial charge < -0.3 is 24.8 Å². The maximum atomic E-state index is 13.1. The smallest absolute Gasteiger partial charge is 0.338 e. The highest BCUT2D eigenvalue weighted by molar-refractivity contribution is 6.53. The van der Waals surface area contributed by atoms with Crippen molar-refractivity contribution < 1.29 is 33.4 Å². The standard InChI is InChI=1S/C28H24ClN3O7/c1-4-39-28(36)17-6-5-7-19(14-17)32-26(34)23(29)24(27(32)35)30-18-10-8-16(9-11-18)25(33)31-21-13-12-20(37-2)15-22(21)38-3/h5-15,30H,4H2,1-3H3,(H,31,33). The van der Waals surface area contributed by atoms with E-state index in [2.05, 4.69) is 10.6 Å². The highest BCUT2D eigenvalue weighted by Crippen LogP contribution is 2.32. The summed E-state index contributed by atoms with van der Waals surface area (Å²) in [5, 5.41) is 5.32. The summed E-state index contributed by atoms with van der Waals surface area (Å²) in [6, 6.07) is 17.2. The van der Waals surface area contributed by atoms with Crippen molar-refractivity contribution in [3.63, 3.8) is 0 Å². The van der Waals surface area contributed by atoms with E-state index in [-0.39, 0.29) is 34.5 Å². The fourth-order valence-corrected chi connectivity index (χ4v) is 3.99. The molecular weight excluding hydrogens is 526 g/mol. The Labute approximate surface area is 229 Å². The number of amides is 3. The molecule has 0 unspecified atom stereocenters. The van der Waals surface area contributed by atoms with Gasteiger partial charge in [-0.05, 0) is 61.5 Å². The number of carbonyl (C=O) groups is 4. The number of hydrogen-bond donors (Lipinski definition) is 2. The molecule has 3 aromatic carbocycles. The largest absolute Gasteiger partial charge is 0.497 e. The first-order chi connectivity index (χ1) is 18.8. The number of hydrogen-bond acceptors (Lipinski definition) is 8. The zero-order valence-electron chi connectivity index (χ0n) is 21.2. The van der Waals surface area contributed by atoms with Crippen LogP contribution in [0.4, 0.5) is 17.1 Å². The summed E-state index contributed by atoms with van der Waals surface area (Å²) in [5.41, 5.74) is 1.45. The molecule has 0 saturated carbocycles. The third-order valence-corrected chi connectivity index (χ3v) is 6.07. The summed E-state index contributed by atoms with van der Waals surface area (Å²) in [6.45, 7) is 1.86. The van der Waals surface area contributed by atoms with E-state index >= 15 is 0 Å². The first-order valence-corrected chi connectivity index (χ1v) is 12.1. The Hall–Kier alpha value is -4.83. The Morgan fingerprint density at radius 2 is 1.64 bits per heavy atom. The lowest BCUT2D eigenvalue weighted by molar-refractivity contribution is -0.120. The molecule has 0 bridgehead atoms. The number of nitrogens with one attached hydrogen (secondary N) is 2. The van der Waals surface area contributed by atoms with Crippen LogP contribution in [-0.2, 0) is 14.3 Å². The summed E-state index contributed by atoms with van der Waals surface area (Å²) in [5.74, 6) is -1.38. The van der Waals surface area contributed by atoms with Gasteiger partial charge in [-0.15, -0.1) is 0 Å². The van der Waals surface area contributed by atoms with E-state index < -0.39 is 17.8 Å². The monoisotopic (exact) mass is 549 g/mol. The highest BCUT2D eigenvalue weighted by atomic mass is 35.5. The quantitative estimate of drug-likeness (QED) is 0.294. The van der Waals surface area contributed by atoms with Crippen LogP contribution in [0.1, 0.15) is 27.6 Å². The molecule has 3 amide bonds. The molecular formula is C28H24ClN3O7. The average Bonchev–Trinajstić information content (AvgIpc) is 3.16. The van der Waals surface area contributed by atoms with Crippen molar-refractivity contribution in [2.45, 2.75) is 6.92 Å². The number of esters is 1. The van der Waals surface area contributed by atoms with Gasteiger partial charge in [-0.25, -0.2) is 9.69 Å². The second-order valence-electron chi connectivity index (χ2n) is 8.13. The van der Waals surface area contributed by atoms with Gasteiger partial charge in [-0.2, -0.15) is 0 Å². The molecule has 0 aliphatic carbocycles. The molecule has 11 heteroatoms. The first kappa shape index (κ1) is 27.2. The zero-order valence-corrected chi connectivity index (χ0v) is 22.0. The van der Waals surface area contributed by atoms with Crippen molar-refractivity contribution in [2.24, 2.45) is 0 Å². The van der Waals surface area contributed by atoms with E-state index in [0.29, 0.717) is 28.4 Å². The number of carbonyl (C=O) groups excluding carboxylic acids is 4. The molecule has 0 aromatic heterocycles. The molecule has 200 valence electrons. The zero-order chi connectivity index (χ0) is 28.1. The summed E-state index contributed by atoms with van der Waals surface area (Å²) < 4.78 is 15.5. The van der Waals surface area contributed by atoms with Gasteiger partial charge in [0.1, 0.15) is 22.2 Å². The summed E-state index contributed by atoms with van der Waals surface area (Å²) >= 11 is 6.22. The van der Waals surface area contributed by atoms with Crippen molar-refractivity contribution in [1.29, 1.82) is 0 Å². The SMILES string of the molecule is CCOC(=O)c1cccc(N2C(=O)C(Cl)=C(Nc3ccc(C(=O)Nc4ccc(OC)cc4OC)cc3)C2=O)c1. The molecule has 2 N–H and O–H groups in total. The molecule has 0 saturated heterocycles. The number of rotatable bonds is 9. The lowest BCUT2D eigenvalue weighted by atomic mass is 10.1. The summed E-state index contributed by atoms with van der Waals surface area (Å²) in [7, 11) is 3.01. The summed E-state index contributed by atoms with van der Waals surface area (Å²) in [6.07, 6.45) is 0. The van der Waals surface area contributed by atoms with E-state index in [4.69, 9.17) is 25.8 Å². The van der Waals surface area contributed by atoms with Gasteiger partial charge in [-0.3, -0.25) is 14.4 Å². The molecule has 1 heterocycles. The van der Waals surface area contributed by atoms with E-state index in [1.54, 1.807) is 49.4 Å². The Bertz CT molecular complexity index is 1480.